The summed E-state index contributed by atoms with van der Waals surface area (Å²) >= 11 is 0. The van der Waals surface area contributed by atoms with E-state index in [-0.39, 0.29) is 5.54 Å². The summed E-state index contributed by atoms with van der Waals surface area (Å²) in [6.45, 7) is 6.08. The zero-order chi connectivity index (χ0) is 13.6. The van der Waals surface area contributed by atoms with Gasteiger partial charge in [0.05, 0.1) is 5.54 Å². The summed E-state index contributed by atoms with van der Waals surface area (Å²) in [7, 11) is 0. The van der Waals surface area contributed by atoms with Crippen LogP contribution >= 0.6 is 0 Å². The molecule has 0 bridgehead atoms. The summed E-state index contributed by atoms with van der Waals surface area (Å²) in [6, 6.07) is 11.8. The van der Waals surface area contributed by atoms with Gasteiger partial charge in [0.1, 0.15) is 0 Å². The number of hydrogen-bond acceptors (Lipinski definition) is 2. The van der Waals surface area contributed by atoms with E-state index in [4.69, 9.17) is 0 Å². The summed E-state index contributed by atoms with van der Waals surface area (Å²) in [5, 5.41) is 3.85. The summed E-state index contributed by atoms with van der Waals surface area (Å²) in [6.07, 6.45) is 5.78. The summed E-state index contributed by atoms with van der Waals surface area (Å²) in [5.74, 6) is 1.92. The molecule has 2 unspecified atom stereocenters. The monoisotopic (exact) mass is 270 g/mol. The van der Waals surface area contributed by atoms with E-state index in [2.05, 4.69) is 47.5 Å². The van der Waals surface area contributed by atoms with Gasteiger partial charge in [0.25, 0.3) is 0 Å². The summed E-state index contributed by atoms with van der Waals surface area (Å²) in [5.41, 5.74) is 1.65. The molecule has 2 aliphatic carbocycles. The molecule has 3 aliphatic rings. The van der Waals surface area contributed by atoms with E-state index in [1.807, 2.05) is 0 Å². The summed E-state index contributed by atoms with van der Waals surface area (Å²) < 4.78 is 0. The molecule has 0 aromatic heterocycles. The Hall–Kier alpha value is -0.860. The van der Waals surface area contributed by atoms with E-state index in [0.717, 1.165) is 24.4 Å². The lowest BCUT2D eigenvalue weighted by Gasteiger charge is -2.49. The molecular weight excluding hydrogens is 244 g/mol. The molecule has 1 aliphatic heterocycles. The Morgan fingerprint density at radius 2 is 1.90 bits per heavy atom. The zero-order valence-corrected chi connectivity index (χ0v) is 12.5. The van der Waals surface area contributed by atoms with Gasteiger partial charge in [-0.25, -0.2) is 0 Å². The molecule has 0 spiro atoms. The molecule has 1 aromatic rings. The van der Waals surface area contributed by atoms with Crippen LogP contribution in [0.3, 0.4) is 0 Å². The molecule has 1 N–H and O–H groups in total. The maximum absolute atomic E-state index is 3.85. The van der Waals surface area contributed by atoms with E-state index in [0.29, 0.717) is 0 Å². The average Bonchev–Trinajstić information content (AvgIpc) is 3.36. The maximum atomic E-state index is 3.85. The molecule has 0 amide bonds. The largest absolute Gasteiger partial charge is 0.310 e. The lowest BCUT2D eigenvalue weighted by Crippen LogP contribution is -2.62. The third-order valence-electron chi connectivity index (χ3n) is 5.59. The van der Waals surface area contributed by atoms with Crippen LogP contribution in [-0.4, -0.2) is 30.6 Å². The van der Waals surface area contributed by atoms with Crippen LogP contribution in [0.4, 0.5) is 0 Å². The second-order valence-electron chi connectivity index (χ2n) is 7.31. The minimum atomic E-state index is 0.176. The maximum Gasteiger partial charge on any atom is 0.0558 e. The highest BCUT2D eigenvalue weighted by Crippen LogP contribution is 2.40. The van der Waals surface area contributed by atoms with Crippen molar-refractivity contribution < 1.29 is 0 Å². The van der Waals surface area contributed by atoms with Gasteiger partial charge in [0, 0.05) is 25.7 Å². The van der Waals surface area contributed by atoms with Gasteiger partial charge in [-0.15, -0.1) is 0 Å². The quantitative estimate of drug-likeness (QED) is 0.905. The highest BCUT2D eigenvalue weighted by molar-refractivity contribution is 5.26. The number of nitrogens with zero attached hydrogens (tertiary/aromatic N) is 1. The molecule has 2 heteroatoms. The highest BCUT2D eigenvalue weighted by atomic mass is 15.3. The molecule has 1 saturated heterocycles. The number of piperazine rings is 1. The normalized spacial score (nSPS) is 35.1. The van der Waals surface area contributed by atoms with Crippen molar-refractivity contribution in [3.05, 3.63) is 35.9 Å². The molecule has 2 nitrogen and oxygen atoms in total. The fraction of sp³-hybridized carbons (Fsp3) is 0.667. The Kier molecular flexibility index (Phi) is 3.12. The second kappa shape index (κ2) is 4.85. The fourth-order valence-electron chi connectivity index (χ4n) is 3.73. The number of hydrogen-bond donors (Lipinski definition) is 1. The van der Waals surface area contributed by atoms with Crippen molar-refractivity contribution in [2.75, 3.05) is 19.6 Å². The average molecular weight is 270 g/mol. The molecule has 0 radical (unpaired) electrons. The SMILES string of the molecule is CC1(c2ccccc2)CNC(C2CC2)CN1CC1CC1. The lowest BCUT2D eigenvalue weighted by molar-refractivity contribution is 0.0403. The predicted molar refractivity (Wildman–Crippen MR) is 82.6 cm³/mol. The topological polar surface area (TPSA) is 15.3 Å². The highest BCUT2D eigenvalue weighted by Gasteiger charge is 2.44. The molecule has 4 rings (SSSR count). The van der Waals surface area contributed by atoms with E-state index < -0.39 is 0 Å². The third-order valence-corrected chi connectivity index (χ3v) is 5.59. The van der Waals surface area contributed by atoms with Gasteiger partial charge >= 0.3 is 0 Å². The Morgan fingerprint density at radius 1 is 1.15 bits per heavy atom. The smallest absolute Gasteiger partial charge is 0.0558 e. The van der Waals surface area contributed by atoms with Crippen LogP contribution in [0.1, 0.15) is 38.2 Å². The van der Waals surface area contributed by atoms with Gasteiger partial charge in [0.15, 0.2) is 0 Å². The van der Waals surface area contributed by atoms with Crippen LogP contribution in [0.5, 0.6) is 0 Å². The van der Waals surface area contributed by atoms with Crippen molar-refractivity contribution in [2.24, 2.45) is 11.8 Å². The van der Waals surface area contributed by atoms with Crippen LogP contribution in [0, 0.1) is 11.8 Å². The van der Waals surface area contributed by atoms with E-state index in [9.17, 15) is 0 Å². The minimum Gasteiger partial charge on any atom is -0.310 e. The van der Waals surface area contributed by atoms with Crippen LogP contribution in [-0.2, 0) is 5.54 Å². The van der Waals surface area contributed by atoms with Gasteiger partial charge in [-0.1, -0.05) is 30.3 Å². The Labute approximate surface area is 122 Å². The molecule has 1 aromatic carbocycles. The first-order valence-corrected chi connectivity index (χ1v) is 8.30. The first kappa shape index (κ1) is 12.8. The van der Waals surface area contributed by atoms with Gasteiger partial charge in [0.2, 0.25) is 0 Å². The molecule has 2 atom stereocenters. The molecule has 1 heterocycles. The van der Waals surface area contributed by atoms with Gasteiger partial charge in [-0.2, -0.15) is 0 Å². The van der Waals surface area contributed by atoms with Crippen LogP contribution in [0.2, 0.25) is 0 Å². The molecule has 2 saturated carbocycles. The van der Waals surface area contributed by atoms with Gasteiger partial charge < -0.3 is 5.32 Å². The first-order chi connectivity index (χ1) is 9.75. The molecule has 3 fully saturated rings. The van der Waals surface area contributed by atoms with Crippen LogP contribution in [0.15, 0.2) is 30.3 Å². The molecule has 108 valence electrons. The lowest BCUT2D eigenvalue weighted by atomic mass is 9.86. The van der Waals surface area contributed by atoms with Crippen molar-refractivity contribution in [1.82, 2.24) is 10.2 Å². The van der Waals surface area contributed by atoms with Crippen molar-refractivity contribution in [3.63, 3.8) is 0 Å². The van der Waals surface area contributed by atoms with Gasteiger partial charge in [-0.05, 0) is 50.0 Å². The molecule has 20 heavy (non-hydrogen) atoms. The Bertz CT molecular complexity index is 464. The number of nitrogens with one attached hydrogen (secondary N) is 1. The molecular formula is C18H26N2. The van der Waals surface area contributed by atoms with Crippen molar-refractivity contribution in [1.29, 1.82) is 0 Å². The zero-order valence-electron chi connectivity index (χ0n) is 12.5. The van der Waals surface area contributed by atoms with Gasteiger partial charge in [-0.3, -0.25) is 4.90 Å². The third kappa shape index (κ3) is 2.40. The second-order valence-corrected chi connectivity index (χ2v) is 7.31. The van der Waals surface area contributed by atoms with Crippen molar-refractivity contribution >= 4 is 0 Å². The Morgan fingerprint density at radius 3 is 2.55 bits per heavy atom. The number of rotatable bonds is 4. The van der Waals surface area contributed by atoms with Crippen molar-refractivity contribution in [3.8, 4) is 0 Å². The van der Waals surface area contributed by atoms with Crippen LogP contribution < -0.4 is 5.32 Å². The standard InChI is InChI=1S/C18H26N2/c1-18(16-5-3-2-4-6-16)13-19-17(15-9-10-15)12-20(18)11-14-7-8-14/h2-6,14-15,17,19H,7-13H2,1H3. The van der Waals surface area contributed by atoms with Crippen molar-refractivity contribution in [2.45, 2.75) is 44.2 Å². The Balaban J connectivity index is 1.58. The van der Waals surface area contributed by atoms with Crippen LogP contribution in [0.25, 0.3) is 0 Å². The predicted octanol–water partition coefficient (Wildman–Crippen LogP) is 3.00. The minimum absolute atomic E-state index is 0.176. The fourth-order valence-corrected chi connectivity index (χ4v) is 3.73. The number of benzene rings is 1. The van der Waals surface area contributed by atoms with E-state index in [1.54, 1.807) is 0 Å². The van der Waals surface area contributed by atoms with E-state index >= 15 is 0 Å². The summed E-state index contributed by atoms with van der Waals surface area (Å²) in [4.78, 5) is 2.79. The first-order valence-electron chi connectivity index (χ1n) is 8.30. The van der Waals surface area contributed by atoms with E-state index in [1.165, 1.54) is 44.3 Å².